The summed E-state index contributed by atoms with van der Waals surface area (Å²) < 4.78 is 3.55. The maximum absolute atomic E-state index is 11.5. The fraction of sp³-hybridized carbons (Fsp3) is 0.417. The van der Waals surface area contributed by atoms with Crippen molar-refractivity contribution in [3.05, 3.63) is 30.4 Å². The van der Waals surface area contributed by atoms with Gasteiger partial charge in [-0.05, 0) is 12.1 Å². The number of nitrogens with zero attached hydrogens (tertiary/aromatic N) is 5. The van der Waals surface area contributed by atoms with E-state index in [1.54, 1.807) is 20.4 Å². The molecule has 2 rings (SSSR count). The van der Waals surface area contributed by atoms with Crippen LogP contribution in [0.3, 0.4) is 0 Å². The highest BCUT2D eigenvalue weighted by molar-refractivity contribution is 5.75. The van der Waals surface area contributed by atoms with E-state index in [1.165, 1.54) is 9.58 Å². The minimum atomic E-state index is -0.0149. The van der Waals surface area contributed by atoms with Crippen LogP contribution in [0, 0.1) is 0 Å². The first-order valence-electron chi connectivity index (χ1n) is 6.00. The molecule has 7 heteroatoms. The second kappa shape index (κ2) is 5.55. The topological polar surface area (TPSA) is 68.0 Å². The average molecular weight is 262 g/mol. The van der Waals surface area contributed by atoms with E-state index in [0.29, 0.717) is 12.5 Å². The van der Waals surface area contributed by atoms with Crippen LogP contribution in [0.5, 0.6) is 0 Å². The third kappa shape index (κ3) is 3.34. The van der Waals surface area contributed by atoms with Gasteiger partial charge in [-0.3, -0.25) is 4.79 Å². The number of carbonyl (C=O) groups excluding carboxylic acids is 1. The zero-order chi connectivity index (χ0) is 13.8. The number of hydrogen-bond acceptors (Lipinski definition) is 4. The lowest BCUT2D eigenvalue weighted by Crippen LogP contribution is -2.26. The Bertz CT molecular complexity index is 556. The zero-order valence-electron chi connectivity index (χ0n) is 11.4. The van der Waals surface area contributed by atoms with Crippen molar-refractivity contribution >= 4 is 11.9 Å². The van der Waals surface area contributed by atoms with E-state index in [0.717, 1.165) is 5.69 Å². The van der Waals surface area contributed by atoms with Crippen LogP contribution in [-0.2, 0) is 24.9 Å². The Kier molecular flexibility index (Phi) is 3.84. The number of rotatable bonds is 5. The Hall–Kier alpha value is -2.31. The second-order valence-corrected chi connectivity index (χ2v) is 4.52. The van der Waals surface area contributed by atoms with Crippen LogP contribution in [-0.4, -0.2) is 44.2 Å². The van der Waals surface area contributed by atoms with Gasteiger partial charge in [-0.1, -0.05) is 0 Å². The second-order valence-electron chi connectivity index (χ2n) is 4.52. The van der Waals surface area contributed by atoms with Gasteiger partial charge in [-0.2, -0.15) is 0 Å². The normalized spacial score (nSPS) is 10.5. The van der Waals surface area contributed by atoms with Crippen molar-refractivity contribution in [1.29, 1.82) is 0 Å². The van der Waals surface area contributed by atoms with Crippen LogP contribution in [0.25, 0.3) is 0 Å². The third-order valence-corrected chi connectivity index (χ3v) is 2.81. The van der Waals surface area contributed by atoms with Gasteiger partial charge in [0.2, 0.25) is 11.9 Å². The molecule has 0 aliphatic heterocycles. The molecule has 19 heavy (non-hydrogen) atoms. The SMILES string of the molecule is CN(C)C(=O)Cn1cnc(NCc2cccn2C)n1. The van der Waals surface area contributed by atoms with Gasteiger partial charge in [0.25, 0.3) is 0 Å². The predicted octanol–water partition coefficient (Wildman–Crippen LogP) is 0.317. The molecule has 0 bridgehead atoms. The summed E-state index contributed by atoms with van der Waals surface area (Å²) in [6.07, 6.45) is 3.54. The highest BCUT2D eigenvalue weighted by Gasteiger charge is 2.07. The van der Waals surface area contributed by atoms with Crippen molar-refractivity contribution in [2.45, 2.75) is 13.1 Å². The molecule has 7 nitrogen and oxygen atoms in total. The van der Waals surface area contributed by atoms with Crippen LogP contribution < -0.4 is 5.32 Å². The molecule has 1 amide bonds. The highest BCUT2D eigenvalue weighted by atomic mass is 16.2. The van der Waals surface area contributed by atoms with Gasteiger partial charge in [-0.15, -0.1) is 5.10 Å². The maximum atomic E-state index is 11.5. The molecule has 0 spiro atoms. The maximum Gasteiger partial charge on any atom is 0.243 e. The monoisotopic (exact) mass is 262 g/mol. The Labute approximate surface area is 111 Å². The van der Waals surface area contributed by atoms with Crippen LogP contribution in [0.4, 0.5) is 5.95 Å². The predicted molar refractivity (Wildman–Crippen MR) is 71.5 cm³/mol. The molecule has 2 aromatic rings. The molecule has 0 saturated heterocycles. The van der Waals surface area contributed by atoms with Crippen molar-refractivity contribution in [1.82, 2.24) is 24.2 Å². The lowest BCUT2D eigenvalue weighted by Gasteiger charge is -2.09. The number of aromatic nitrogens is 4. The number of hydrogen-bond donors (Lipinski definition) is 1. The molecule has 0 aliphatic carbocycles. The molecule has 0 fully saturated rings. The third-order valence-electron chi connectivity index (χ3n) is 2.81. The van der Waals surface area contributed by atoms with Gasteiger partial charge in [0, 0.05) is 33.0 Å². The molecule has 2 aromatic heterocycles. The molecule has 0 unspecified atom stereocenters. The molecule has 102 valence electrons. The van der Waals surface area contributed by atoms with E-state index >= 15 is 0 Å². The lowest BCUT2D eigenvalue weighted by atomic mass is 10.4. The van der Waals surface area contributed by atoms with Crippen molar-refractivity contribution in [3.8, 4) is 0 Å². The Morgan fingerprint density at radius 2 is 2.26 bits per heavy atom. The van der Waals surface area contributed by atoms with E-state index in [4.69, 9.17) is 0 Å². The van der Waals surface area contributed by atoms with Gasteiger partial charge < -0.3 is 14.8 Å². The number of nitrogens with one attached hydrogen (secondary N) is 1. The van der Waals surface area contributed by atoms with Gasteiger partial charge in [0.1, 0.15) is 12.9 Å². The smallest absolute Gasteiger partial charge is 0.243 e. The summed E-state index contributed by atoms with van der Waals surface area (Å²) in [6.45, 7) is 0.848. The summed E-state index contributed by atoms with van der Waals surface area (Å²) >= 11 is 0. The van der Waals surface area contributed by atoms with Crippen LogP contribution in [0.1, 0.15) is 5.69 Å². The quantitative estimate of drug-likeness (QED) is 0.842. The number of aryl methyl sites for hydroxylation is 1. The number of amides is 1. The van der Waals surface area contributed by atoms with Crippen LogP contribution in [0.15, 0.2) is 24.7 Å². The first-order chi connectivity index (χ1) is 9.06. The highest BCUT2D eigenvalue weighted by Crippen LogP contribution is 2.03. The first-order valence-corrected chi connectivity index (χ1v) is 6.00. The van der Waals surface area contributed by atoms with Gasteiger partial charge in [-0.25, -0.2) is 9.67 Å². The standard InChI is InChI=1S/C12H18N6O/c1-16(2)11(19)8-18-9-14-12(15-18)13-7-10-5-4-6-17(10)3/h4-6,9H,7-8H2,1-3H3,(H,13,15). The Morgan fingerprint density at radius 1 is 1.47 bits per heavy atom. The Balaban J connectivity index is 1.91. The van der Waals surface area contributed by atoms with E-state index in [9.17, 15) is 4.79 Å². The van der Waals surface area contributed by atoms with E-state index in [1.807, 2.05) is 29.9 Å². The molecule has 1 N–H and O–H groups in total. The molecule has 2 heterocycles. The minimum Gasteiger partial charge on any atom is -0.353 e. The molecular formula is C12H18N6O. The Morgan fingerprint density at radius 3 is 2.89 bits per heavy atom. The summed E-state index contributed by atoms with van der Waals surface area (Å²) in [4.78, 5) is 17.2. The minimum absolute atomic E-state index is 0.0149. The molecule has 0 radical (unpaired) electrons. The van der Waals surface area contributed by atoms with Crippen molar-refractivity contribution in [3.63, 3.8) is 0 Å². The van der Waals surface area contributed by atoms with Crippen molar-refractivity contribution in [2.24, 2.45) is 7.05 Å². The van der Waals surface area contributed by atoms with Crippen LogP contribution in [0.2, 0.25) is 0 Å². The molecule has 0 atom stereocenters. The van der Waals surface area contributed by atoms with Crippen molar-refractivity contribution in [2.75, 3.05) is 19.4 Å². The summed E-state index contributed by atoms with van der Waals surface area (Å²) in [5.41, 5.74) is 1.14. The van der Waals surface area contributed by atoms with E-state index in [-0.39, 0.29) is 12.5 Å². The lowest BCUT2D eigenvalue weighted by molar-refractivity contribution is -0.129. The largest absolute Gasteiger partial charge is 0.353 e. The summed E-state index contributed by atoms with van der Waals surface area (Å²) in [6, 6.07) is 4.01. The van der Waals surface area contributed by atoms with Gasteiger partial charge in [0.15, 0.2) is 0 Å². The summed E-state index contributed by atoms with van der Waals surface area (Å²) in [5, 5.41) is 7.32. The van der Waals surface area contributed by atoms with Gasteiger partial charge in [0.05, 0.1) is 6.54 Å². The summed E-state index contributed by atoms with van der Waals surface area (Å²) in [5.74, 6) is 0.506. The molecule has 0 aromatic carbocycles. The molecule has 0 saturated carbocycles. The van der Waals surface area contributed by atoms with Gasteiger partial charge >= 0.3 is 0 Å². The van der Waals surface area contributed by atoms with Crippen molar-refractivity contribution < 1.29 is 4.79 Å². The number of anilines is 1. The molecular weight excluding hydrogens is 244 g/mol. The first kappa shape index (κ1) is 13.1. The number of likely N-dealkylation sites (N-methyl/N-ethyl adjacent to an activating group) is 1. The number of carbonyl (C=O) groups is 1. The average Bonchev–Trinajstić information content (AvgIpc) is 2.96. The fourth-order valence-corrected chi connectivity index (χ4v) is 1.58. The fourth-order valence-electron chi connectivity index (χ4n) is 1.58. The molecule has 0 aliphatic rings. The zero-order valence-corrected chi connectivity index (χ0v) is 11.4. The van der Waals surface area contributed by atoms with Crippen LogP contribution >= 0.6 is 0 Å². The van der Waals surface area contributed by atoms with E-state index in [2.05, 4.69) is 15.4 Å². The summed E-state index contributed by atoms with van der Waals surface area (Å²) in [7, 11) is 5.42. The van der Waals surface area contributed by atoms with E-state index < -0.39 is 0 Å².